The SMILES string of the molecule is CC1(C)Cc2cc(S(=O)(=O)N3C[C@@H]4CCC[C@@]4(C(=O)O)C3)ccc2O1. The topological polar surface area (TPSA) is 83.9 Å². The van der Waals surface area contributed by atoms with E-state index in [4.69, 9.17) is 4.74 Å². The van der Waals surface area contributed by atoms with Crippen LogP contribution >= 0.6 is 0 Å². The molecule has 25 heavy (non-hydrogen) atoms. The molecule has 6 nitrogen and oxygen atoms in total. The van der Waals surface area contributed by atoms with Gasteiger partial charge in [0.25, 0.3) is 0 Å². The molecular formula is C18H23NO5S. The minimum atomic E-state index is -3.70. The molecule has 0 unspecified atom stereocenters. The first-order valence-corrected chi connectivity index (χ1v) is 10.1. The molecule has 136 valence electrons. The third-order valence-corrected chi connectivity index (χ3v) is 7.75. The average molecular weight is 365 g/mol. The Morgan fingerprint density at radius 3 is 2.80 bits per heavy atom. The normalized spacial score (nSPS) is 30.7. The quantitative estimate of drug-likeness (QED) is 0.888. The standard InChI is InChI=1S/C18H23NO5S/c1-17(2)9-12-8-14(5-6-15(12)24-17)25(22,23)19-10-13-4-3-7-18(13,11-19)16(20)21/h5-6,8,13H,3-4,7,9-11H2,1-2H3,(H,20,21)/t13-,18+/m0/s1. The molecule has 0 radical (unpaired) electrons. The Labute approximate surface area is 147 Å². The van der Waals surface area contributed by atoms with Crippen LogP contribution in [0, 0.1) is 11.3 Å². The van der Waals surface area contributed by atoms with Gasteiger partial charge in [-0.2, -0.15) is 4.31 Å². The first kappa shape index (κ1) is 16.8. The lowest BCUT2D eigenvalue weighted by Gasteiger charge is -2.23. The van der Waals surface area contributed by atoms with Crippen molar-refractivity contribution in [3.63, 3.8) is 0 Å². The van der Waals surface area contributed by atoms with Crippen LogP contribution in [0.25, 0.3) is 0 Å². The van der Waals surface area contributed by atoms with Crippen LogP contribution in [0.3, 0.4) is 0 Å². The molecular weight excluding hydrogens is 342 g/mol. The number of benzene rings is 1. The summed E-state index contributed by atoms with van der Waals surface area (Å²) in [6, 6.07) is 4.96. The van der Waals surface area contributed by atoms with Crippen molar-refractivity contribution in [2.24, 2.45) is 11.3 Å². The van der Waals surface area contributed by atoms with Crippen LogP contribution in [0.2, 0.25) is 0 Å². The van der Waals surface area contributed by atoms with E-state index in [-0.39, 0.29) is 23.0 Å². The molecule has 2 fully saturated rings. The molecule has 1 N–H and O–H groups in total. The molecule has 0 spiro atoms. The third kappa shape index (κ3) is 2.47. The van der Waals surface area contributed by atoms with E-state index in [1.54, 1.807) is 18.2 Å². The summed E-state index contributed by atoms with van der Waals surface area (Å²) in [5, 5.41) is 9.67. The summed E-state index contributed by atoms with van der Waals surface area (Å²) in [6.45, 7) is 4.32. The fourth-order valence-corrected chi connectivity index (χ4v) is 6.28. The molecule has 0 bridgehead atoms. The minimum Gasteiger partial charge on any atom is -0.487 e. The number of aliphatic carboxylic acids is 1. The van der Waals surface area contributed by atoms with Crippen molar-refractivity contribution in [3.8, 4) is 5.75 Å². The van der Waals surface area contributed by atoms with Crippen LogP contribution < -0.4 is 4.74 Å². The first-order valence-electron chi connectivity index (χ1n) is 8.70. The number of fused-ring (bicyclic) bond motifs is 2. The lowest BCUT2D eigenvalue weighted by Crippen LogP contribution is -2.37. The minimum absolute atomic E-state index is 0.0778. The number of hydrogen-bond acceptors (Lipinski definition) is 4. The molecule has 4 rings (SSSR count). The predicted octanol–water partition coefficient (Wildman–Crippen LogP) is 2.28. The maximum atomic E-state index is 13.1. The van der Waals surface area contributed by atoms with E-state index in [0.29, 0.717) is 19.4 Å². The summed E-state index contributed by atoms with van der Waals surface area (Å²) in [7, 11) is -3.70. The Morgan fingerprint density at radius 1 is 1.36 bits per heavy atom. The Kier molecular flexibility index (Phi) is 3.51. The van der Waals surface area contributed by atoms with Gasteiger partial charge in [0.2, 0.25) is 10.0 Å². The number of hydrogen-bond donors (Lipinski definition) is 1. The van der Waals surface area contributed by atoms with Gasteiger partial charge >= 0.3 is 5.97 Å². The maximum absolute atomic E-state index is 13.1. The molecule has 2 atom stereocenters. The van der Waals surface area contributed by atoms with Crippen molar-refractivity contribution in [1.82, 2.24) is 4.31 Å². The van der Waals surface area contributed by atoms with Crippen molar-refractivity contribution in [2.75, 3.05) is 13.1 Å². The molecule has 3 aliphatic rings. The number of rotatable bonds is 3. The van der Waals surface area contributed by atoms with Crippen LogP contribution in [0.4, 0.5) is 0 Å². The molecule has 0 aromatic heterocycles. The molecule has 0 amide bonds. The first-order chi connectivity index (χ1) is 11.6. The summed E-state index contributed by atoms with van der Waals surface area (Å²) in [6.07, 6.45) is 2.86. The van der Waals surface area contributed by atoms with Gasteiger partial charge in [-0.1, -0.05) is 6.42 Å². The maximum Gasteiger partial charge on any atom is 0.311 e. The van der Waals surface area contributed by atoms with Gasteiger partial charge in [0, 0.05) is 19.5 Å². The number of carboxylic acids is 1. The highest BCUT2D eigenvalue weighted by molar-refractivity contribution is 7.89. The smallest absolute Gasteiger partial charge is 0.311 e. The van der Waals surface area contributed by atoms with Gasteiger partial charge in [-0.3, -0.25) is 4.79 Å². The van der Waals surface area contributed by atoms with Gasteiger partial charge in [-0.05, 0) is 56.4 Å². The van der Waals surface area contributed by atoms with E-state index in [0.717, 1.165) is 24.2 Å². The van der Waals surface area contributed by atoms with Crippen molar-refractivity contribution in [1.29, 1.82) is 0 Å². The van der Waals surface area contributed by atoms with Gasteiger partial charge in [-0.25, -0.2) is 8.42 Å². The van der Waals surface area contributed by atoms with E-state index in [2.05, 4.69) is 0 Å². The van der Waals surface area contributed by atoms with Gasteiger partial charge < -0.3 is 9.84 Å². The summed E-state index contributed by atoms with van der Waals surface area (Å²) in [5.74, 6) is -0.225. The summed E-state index contributed by atoms with van der Waals surface area (Å²) in [5.41, 5.74) is -0.351. The van der Waals surface area contributed by atoms with Gasteiger partial charge in [-0.15, -0.1) is 0 Å². The van der Waals surface area contributed by atoms with Crippen LogP contribution in [0.15, 0.2) is 23.1 Å². The van der Waals surface area contributed by atoms with Crippen LogP contribution in [-0.4, -0.2) is 42.5 Å². The zero-order chi connectivity index (χ0) is 18.0. The van der Waals surface area contributed by atoms with Crippen molar-refractivity contribution >= 4 is 16.0 Å². The Morgan fingerprint density at radius 2 is 2.12 bits per heavy atom. The summed E-state index contributed by atoms with van der Waals surface area (Å²) in [4.78, 5) is 12.0. The van der Waals surface area contributed by atoms with Gasteiger partial charge in [0.15, 0.2) is 0 Å². The highest BCUT2D eigenvalue weighted by Crippen LogP contribution is 2.50. The molecule has 7 heteroatoms. The second kappa shape index (κ2) is 5.20. The highest BCUT2D eigenvalue weighted by Gasteiger charge is 2.57. The Balaban J connectivity index is 1.65. The largest absolute Gasteiger partial charge is 0.487 e. The van der Waals surface area contributed by atoms with Gasteiger partial charge in [0.1, 0.15) is 11.4 Å². The van der Waals surface area contributed by atoms with E-state index in [9.17, 15) is 18.3 Å². The average Bonchev–Trinajstić information content (AvgIpc) is 3.14. The van der Waals surface area contributed by atoms with E-state index < -0.39 is 21.4 Å². The molecule has 1 aromatic carbocycles. The molecule has 1 aromatic rings. The lowest BCUT2D eigenvalue weighted by molar-refractivity contribution is -0.149. The van der Waals surface area contributed by atoms with Crippen LogP contribution in [0.1, 0.15) is 38.7 Å². The second-order valence-electron chi connectivity index (χ2n) is 8.16. The zero-order valence-electron chi connectivity index (χ0n) is 14.5. The fourth-order valence-electron chi connectivity index (χ4n) is 4.67. The van der Waals surface area contributed by atoms with Crippen molar-refractivity contribution in [2.45, 2.75) is 50.0 Å². The number of sulfonamides is 1. The monoisotopic (exact) mass is 365 g/mol. The van der Waals surface area contributed by atoms with Crippen LogP contribution in [-0.2, 0) is 21.2 Å². The number of carbonyl (C=O) groups is 1. The van der Waals surface area contributed by atoms with E-state index in [1.807, 2.05) is 13.8 Å². The van der Waals surface area contributed by atoms with Gasteiger partial charge in [0.05, 0.1) is 10.3 Å². The Bertz CT molecular complexity index is 847. The number of carboxylic acid groups (broad SMARTS) is 1. The number of nitrogens with zero attached hydrogens (tertiary/aromatic N) is 1. The lowest BCUT2D eigenvalue weighted by atomic mass is 9.81. The highest BCUT2D eigenvalue weighted by atomic mass is 32.2. The van der Waals surface area contributed by atoms with E-state index >= 15 is 0 Å². The summed E-state index contributed by atoms with van der Waals surface area (Å²) >= 11 is 0. The molecule has 1 saturated carbocycles. The second-order valence-corrected chi connectivity index (χ2v) is 10.1. The van der Waals surface area contributed by atoms with Crippen LogP contribution in [0.5, 0.6) is 5.75 Å². The predicted molar refractivity (Wildman–Crippen MR) is 91.0 cm³/mol. The van der Waals surface area contributed by atoms with Crippen molar-refractivity contribution in [3.05, 3.63) is 23.8 Å². The molecule has 1 aliphatic carbocycles. The zero-order valence-corrected chi connectivity index (χ0v) is 15.3. The molecule has 1 saturated heterocycles. The number of ether oxygens (including phenoxy) is 1. The third-order valence-electron chi connectivity index (χ3n) is 5.94. The van der Waals surface area contributed by atoms with E-state index in [1.165, 1.54) is 4.31 Å². The molecule has 2 heterocycles. The summed E-state index contributed by atoms with van der Waals surface area (Å²) < 4.78 is 33.3. The fraction of sp³-hybridized carbons (Fsp3) is 0.611. The van der Waals surface area contributed by atoms with Crippen molar-refractivity contribution < 1.29 is 23.1 Å². The Hall–Kier alpha value is -1.60. The molecule has 2 aliphatic heterocycles.